The second-order valence-electron chi connectivity index (χ2n) is 18.7. The molecule has 69 heavy (non-hydrogen) atoms. The molecular weight excluding hydrogens is 1050 g/mol. The number of hydrogen-bond donors (Lipinski definition) is 1. The second kappa shape index (κ2) is 22.3. The van der Waals surface area contributed by atoms with Gasteiger partial charge in [-0.3, -0.25) is 19.3 Å². The molecule has 4 aliphatic heterocycles. The van der Waals surface area contributed by atoms with E-state index in [1.807, 2.05) is 30.9 Å². The van der Waals surface area contributed by atoms with Gasteiger partial charge in [0.05, 0.1) is 77.6 Å². The highest BCUT2D eigenvalue weighted by Gasteiger charge is 2.53. The van der Waals surface area contributed by atoms with E-state index in [-0.39, 0.29) is 101 Å². The summed E-state index contributed by atoms with van der Waals surface area (Å²) in [6.45, 7) is 8.59. The minimum Gasteiger partial charge on any atom is -0.366 e. The maximum absolute atomic E-state index is 16.2. The van der Waals surface area contributed by atoms with Gasteiger partial charge in [-0.05, 0) is 112 Å². The zero-order chi connectivity index (χ0) is 49.3. The number of carbonyl (C=O) groups is 3. The maximum Gasteiger partial charge on any atom is 0.255 e. The first-order valence-electron chi connectivity index (χ1n) is 23.4. The lowest BCUT2D eigenvalue weighted by molar-refractivity contribution is -0.166. The topological polar surface area (TPSA) is 94.7 Å². The van der Waals surface area contributed by atoms with E-state index < -0.39 is 28.6 Å². The van der Waals surface area contributed by atoms with E-state index in [2.05, 4.69) is 10.2 Å². The van der Waals surface area contributed by atoms with Crippen LogP contribution in [0.1, 0.15) is 77.8 Å². The lowest BCUT2D eigenvalue weighted by atomic mass is 9.77. The molecule has 3 amide bonds. The SMILES string of the molecule is CC(CN(CC(C)C1(c2ccc(Cl)c(Cl)c2)CN(C(=O)c2cccc(Cl)c2Cl)CCO1)C(=O)C1(N2CCCCC2)CCNCC1)C1(c2ccc(Cl)c(Cl)c2)CN(C(=O)c2cccc(Cl)c2Cl)CCO1. The number of nitrogens with zero attached hydrogens (tertiary/aromatic N) is 4. The molecule has 370 valence electrons. The molecule has 0 spiro atoms. The summed E-state index contributed by atoms with van der Waals surface area (Å²) >= 11 is 52.8. The summed E-state index contributed by atoms with van der Waals surface area (Å²) < 4.78 is 13.9. The van der Waals surface area contributed by atoms with Crippen molar-refractivity contribution in [1.29, 1.82) is 0 Å². The molecule has 1 N–H and O–H groups in total. The first-order valence-corrected chi connectivity index (χ1v) is 26.4. The van der Waals surface area contributed by atoms with Gasteiger partial charge in [0.25, 0.3) is 11.8 Å². The number of amides is 3. The number of carbonyl (C=O) groups excluding carboxylic acids is 3. The molecule has 0 aromatic heterocycles. The van der Waals surface area contributed by atoms with Gasteiger partial charge in [0, 0.05) is 38.0 Å². The predicted molar refractivity (Wildman–Crippen MR) is 278 cm³/mol. The van der Waals surface area contributed by atoms with Crippen molar-refractivity contribution in [3.63, 3.8) is 0 Å². The fraction of sp³-hybridized carbons (Fsp3) is 0.471. The number of hydrogen-bond acceptors (Lipinski definition) is 7. The zero-order valence-corrected chi connectivity index (χ0v) is 44.5. The normalized spacial score (nSPS) is 23.0. The van der Waals surface area contributed by atoms with Crippen LogP contribution in [0.25, 0.3) is 0 Å². The van der Waals surface area contributed by atoms with Gasteiger partial charge in [-0.25, -0.2) is 0 Å². The molecule has 0 radical (unpaired) electrons. The largest absolute Gasteiger partial charge is 0.366 e. The average Bonchev–Trinajstić information content (AvgIpc) is 3.36. The van der Waals surface area contributed by atoms with Gasteiger partial charge in [0.15, 0.2) is 0 Å². The van der Waals surface area contributed by atoms with Gasteiger partial charge in [0.1, 0.15) is 16.7 Å². The van der Waals surface area contributed by atoms with Crippen molar-refractivity contribution < 1.29 is 23.9 Å². The van der Waals surface area contributed by atoms with Crippen LogP contribution in [0.5, 0.6) is 0 Å². The number of ether oxygens (including phenoxy) is 2. The van der Waals surface area contributed by atoms with Crippen LogP contribution in [0.2, 0.25) is 40.2 Å². The fourth-order valence-corrected chi connectivity index (χ4v) is 12.2. The van der Waals surface area contributed by atoms with Crippen molar-refractivity contribution in [3.05, 3.63) is 135 Å². The molecule has 4 saturated heterocycles. The lowest BCUT2D eigenvalue weighted by Crippen LogP contribution is -2.66. The van der Waals surface area contributed by atoms with Gasteiger partial charge < -0.3 is 29.5 Å². The fourth-order valence-electron chi connectivity index (χ4n) is 10.9. The minimum atomic E-state index is -1.19. The van der Waals surface area contributed by atoms with Gasteiger partial charge in [-0.1, -0.05) is 137 Å². The Kier molecular flexibility index (Phi) is 17.0. The zero-order valence-electron chi connectivity index (χ0n) is 38.5. The standard InChI is InChI=1S/C51H55Cl8N5O5/c1-32(50(34-12-14-38(52)42(56)26-34)30-61(22-24-68-50)46(65)36-8-6-10-40(54)44(36)58)28-63(48(67)49(16-18-60-19-17-49)64-20-4-3-5-21-64)29-33(2)51(35-13-15-39(53)43(57)27-35)31-62(23-25-69-51)47(66)37-9-7-11-41(55)45(37)59/h6-15,26-27,32-33,60H,3-5,16-25,28-31H2,1-2H3. The number of benzene rings is 4. The molecule has 4 heterocycles. The molecule has 4 fully saturated rings. The van der Waals surface area contributed by atoms with Crippen molar-refractivity contribution in [2.24, 2.45) is 11.8 Å². The van der Waals surface area contributed by atoms with E-state index in [0.717, 1.165) is 32.4 Å². The molecule has 4 aliphatic rings. The third-order valence-corrected chi connectivity index (χ3v) is 17.8. The third-order valence-electron chi connectivity index (χ3n) is 14.7. The van der Waals surface area contributed by atoms with Crippen molar-refractivity contribution in [1.82, 2.24) is 24.9 Å². The summed E-state index contributed by atoms with van der Waals surface area (Å²) in [6.07, 6.45) is 4.35. The molecule has 0 saturated carbocycles. The molecule has 4 aromatic rings. The number of piperidine rings is 2. The Morgan fingerprint density at radius 1 is 0.594 bits per heavy atom. The van der Waals surface area contributed by atoms with Crippen LogP contribution in [-0.2, 0) is 25.5 Å². The lowest BCUT2D eigenvalue weighted by Gasteiger charge is -2.52. The quantitative estimate of drug-likeness (QED) is 0.151. The highest BCUT2D eigenvalue weighted by atomic mass is 35.5. The molecule has 0 bridgehead atoms. The minimum absolute atomic E-state index is 0.00193. The first kappa shape index (κ1) is 52.8. The van der Waals surface area contributed by atoms with Crippen LogP contribution in [0, 0.1) is 11.8 Å². The first-order chi connectivity index (χ1) is 33.0. The summed E-state index contributed by atoms with van der Waals surface area (Å²) in [5, 5.41) is 5.74. The Morgan fingerprint density at radius 3 is 1.48 bits per heavy atom. The maximum atomic E-state index is 16.2. The van der Waals surface area contributed by atoms with E-state index in [9.17, 15) is 9.59 Å². The Balaban J connectivity index is 1.22. The third kappa shape index (κ3) is 10.6. The molecule has 4 unspecified atom stereocenters. The summed E-state index contributed by atoms with van der Waals surface area (Å²) in [5.74, 6) is -1.54. The van der Waals surface area contributed by atoms with Gasteiger partial charge in [-0.2, -0.15) is 0 Å². The molecule has 10 nitrogen and oxygen atoms in total. The smallest absolute Gasteiger partial charge is 0.255 e. The molecule has 8 rings (SSSR count). The number of halogens is 8. The van der Waals surface area contributed by atoms with Crippen LogP contribution in [-0.4, -0.2) is 122 Å². The summed E-state index contributed by atoms with van der Waals surface area (Å²) in [5.41, 5.74) is -1.24. The average molecular weight is 1100 g/mol. The molecule has 0 aliphatic carbocycles. The van der Waals surface area contributed by atoms with Gasteiger partial charge in [0.2, 0.25) is 5.91 Å². The van der Waals surface area contributed by atoms with Crippen molar-refractivity contribution >= 4 is 111 Å². The number of rotatable bonds is 12. The highest BCUT2D eigenvalue weighted by molar-refractivity contribution is 6.45. The number of nitrogens with one attached hydrogen (secondary N) is 1. The molecule has 4 atom stereocenters. The highest BCUT2D eigenvalue weighted by Crippen LogP contribution is 2.45. The Labute approximate surface area is 444 Å². The van der Waals surface area contributed by atoms with E-state index in [4.69, 9.17) is 102 Å². The molecule has 4 aromatic carbocycles. The van der Waals surface area contributed by atoms with E-state index in [1.165, 1.54) is 0 Å². The number of likely N-dealkylation sites (tertiary alicyclic amines) is 1. The summed E-state index contributed by atoms with van der Waals surface area (Å²) in [4.78, 5) is 53.0. The number of morpholine rings is 2. The predicted octanol–water partition coefficient (Wildman–Crippen LogP) is 12.1. The van der Waals surface area contributed by atoms with Crippen molar-refractivity contribution in [3.8, 4) is 0 Å². The van der Waals surface area contributed by atoms with Gasteiger partial charge >= 0.3 is 0 Å². The summed E-state index contributed by atoms with van der Waals surface area (Å²) in [6, 6.07) is 20.7. The van der Waals surface area contributed by atoms with Crippen LogP contribution in [0.4, 0.5) is 0 Å². The van der Waals surface area contributed by atoms with Crippen molar-refractivity contribution in [2.75, 3.05) is 78.7 Å². The van der Waals surface area contributed by atoms with Gasteiger partial charge in [-0.15, -0.1) is 0 Å². The Morgan fingerprint density at radius 2 is 1.04 bits per heavy atom. The van der Waals surface area contributed by atoms with Crippen LogP contribution in [0.15, 0.2) is 72.8 Å². The monoisotopic (exact) mass is 1100 g/mol. The van der Waals surface area contributed by atoms with E-state index in [1.54, 1.807) is 70.5 Å². The second-order valence-corrected chi connectivity index (χ2v) is 21.9. The Bertz CT molecular complexity index is 2410. The van der Waals surface area contributed by atoms with Crippen LogP contribution in [0.3, 0.4) is 0 Å². The Hall–Kier alpha value is -2.55. The molecular formula is C51H55Cl8N5O5. The summed E-state index contributed by atoms with van der Waals surface area (Å²) in [7, 11) is 0. The van der Waals surface area contributed by atoms with Crippen LogP contribution >= 0.6 is 92.8 Å². The van der Waals surface area contributed by atoms with Crippen LogP contribution < -0.4 is 5.32 Å². The van der Waals surface area contributed by atoms with Crippen molar-refractivity contribution in [2.45, 2.75) is 62.7 Å². The van der Waals surface area contributed by atoms with E-state index in [0.29, 0.717) is 57.1 Å². The van der Waals surface area contributed by atoms with E-state index >= 15 is 4.79 Å². The molecule has 18 heteroatoms.